The fourth-order valence-electron chi connectivity index (χ4n) is 3.05. The van der Waals surface area contributed by atoms with Crippen LogP contribution in [0, 0.1) is 5.41 Å². The molecular weight excluding hydrogens is 367 g/mol. The molecule has 7 heteroatoms. The van der Waals surface area contributed by atoms with Crippen molar-refractivity contribution in [2.24, 2.45) is 5.41 Å². The predicted octanol–water partition coefficient (Wildman–Crippen LogP) is 5.59. The largest absolute Gasteiger partial charge is 0.396 e. The Kier molecular flexibility index (Phi) is 14.3. The summed E-state index contributed by atoms with van der Waals surface area (Å²) in [6.45, 7) is 2.44. The maximum Gasteiger partial charge on any atom is 0.101 e. The summed E-state index contributed by atoms with van der Waals surface area (Å²) < 4.78 is 67.7. The Morgan fingerprint density at radius 2 is 0.963 bits per heavy atom. The quantitative estimate of drug-likeness (QED) is 0.310. The molecule has 0 heterocycles. The second-order valence-electron chi connectivity index (χ2n) is 7.85. The first kappa shape index (κ1) is 26.6. The first-order valence-electron chi connectivity index (χ1n) is 10.1. The third kappa shape index (κ3) is 12.6. The molecule has 27 heavy (non-hydrogen) atoms. The maximum absolute atomic E-state index is 14.0. The second kappa shape index (κ2) is 14.6. The minimum Gasteiger partial charge on any atom is -0.396 e. The van der Waals surface area contributed by atoms with Gasteiger partial charge in [-0.3, -0.25) is 0 Å². The van der Waals surface area contributed by atoms with Crippen LogP contribution in [0.15, 0.2) is 0 Å². The van der Waals surface area contributed by atoms with Crippen LogP contribution in [0.2, 0.25) is 0 Å². The van der Waals surface area contributed by atoms with Crippen LogP contribution < -0.4 is 0 Å². The summed E-state index contributed by atoms with van der Waals surface area (Å²) in [5, 5.41) is 18.6. The molecule has 0 saturated carbocycles. The molecule has 0 amide bonds. The predicted molar refractivity (Wildman–Crippen MR) is 98.6 cm³/mol. The van der Waals surface area contributed by atoms with E-state index in [0.29, 0.717) is 6.42 Å². The van der Waals surface area contributed by atoms with Crippen LogP contribution in [-0.2, 0) is 0 Å². The molecule has 0 saturated heterocycles. The first-order valence-corrected chi connectivity index (χ1v) is 10.1. The highest BCUT2D eigenvalue weighted by Crippen LogP contribution is 2.30. The van der Waals surface area contributed by atoms with Crippen molar-refractivity contribution in [3.8, 4) is 0 Å². The van der Waals surface area contributed by atoms with Crippen LogP contribution in [0.5, 0.6) is 0 Å². The number of halogens is 5. The number of rotatable bonds is 17. The van der Waals surface area contributed by atoms with Crippen molar-refractivity contribution < 1.29 is 32.2 Å². The Morgan fingerprint density at radius 3 is 1.26 bits per heavy atom. The lowest BCUT2D eigenvalue weighted by Gasteiger charge is -2.30. The van der Waals surface area contributed by atoms with Gasteiger partial charge in [0, 0.05) is 5.41 Å². The van der Waals surface area contributed by atoms with E-state index in [2.05, 4.69) is 0 Å². The van der Waals surface area contributed by atoms with Crippen LogP contribution >= 0.6 is 0 Å². The van der Waals surface area contributed by atoms with Crippen LogP contribution in [0.4, 0.5) is 22.0 Å². The zero-order valence-electron chi connectivity index (χ0n) is 16.7. The summed E-state index contributed by atoms with van der Waals surface area (Å²) in [5.41, 5.74) is -0.891. The van der Waals surface area contributed by atoms with Gasteiger partial charge >= 0.3 is 0 Å². The highest BCUT2D eigenvalue weighted by molar-refractivity contribution is 4.80. The Bertz CT molecular complexity index is 345. The minimum atomic E-state index is -1.34. The van der Waals surface area contributed by atoms with Crippen molar-refractivity contribution in [1.82, 2.24) is 0 Å². The number of alkyl halides is 5. The van der Waals surface area contributed by atoms with Crippen molar-refractivity contribution in [2.75, 3.05) is 13.2 Å². The third-order valence-corrected chi connectivity index (χ3v) is 5.33. The number of hydrogen-bond donors (Lipinski definition) is 2. The van der Waals surface area contributed by atoms with Gasteiger partial charge in [0.05, 0.1) is 19.4 Å². The molecule has 0 aliphatic heterocycles. The molecular formula is C20H37F5O2. The fraction of sp³-hybridized carbons (Fsp3) is 1.00. The van der Waals surface area contributed by atoms with Gasteiger partial charge in [-0.25, -0.2) is 22.0 Å². The molecule has 2 N–H and O–H groups in total. The van der Waals surface area contributed by atoms with Crippen LogP contribution in [-0.4, -0.2) is 54.3 Å². The molecule has 0 radical (unpaired) electrons. The van der Waals surface area contributed by atoms with Crippen molar-refractivity contribution in [3.05, 3.63) is 0 Å². The number of hydrogen-bond acceptors (Lipinski definition) is 2. The molecule has 2 nitrogen and oxygen atoms in total. The smallest absolute Gasteiger partial charge is 0.101 e. The highest BCUT2D eigenvalue weighted by atomic mass is 19.2. The molecule has 0 aromatic heterocycles. The highest BCUT2D eigenvalue weighted by Gasteiger charge is 2.30. The summed E-state index contributed by atoms with van der Waals surface area (Å²) in [4.78, 5) is 0. The van der Waals surface area contributed by atoms with Crippen LogP contribution in [0.3, 0.4) is 0 Å². The minimum absolute atomic E-state index is 0.00118. The normalized spacial score (nSPS) is 18.1. The average Bonchev–Trinajstić information content (AvgIpc) is 2.65. The van der Waals surface area contributed by atoms with Crippen LogP contribution in [0.1, 0.15) is 78.1 Å². The van der Waals surface area contributed by atoms with E-state index >= 15 is 0 Å². The summed E-state index contributed by atoms with van der Waals surface area (Å²) >= 11 is 0. The Morgan fingerprint density at radius 1 is 0.630 bits per heavy atom. The SMILES string of the molecule is CCC(CO)(CO)CC(F)CCC(F)CCC(F)CCC(F)CCC(C)F. The summed E-state index contributed by atoms with van der Waals surface area (Å²) in [5.74, 6) is 0. The van der Waals surface area contributed by atoms with Gasteiger partial charge in [0.1, 0.15) is 24.7 Å². The van der Waals surface area contributed by atoms with Gasteiger partial charge in [-0.1, -0.05) is 6.92 Å². The maximum atomic E-state index is 14.0. The van der Waals surface area contributed by atoms with E-state index in [4.69, 9.17) is 0 Å². The lowest BCUT2D eigenvalue weighted by Crippen LogP contribution is -2.32. The van der Waals surface area contributed by atoms with E-state index < -0.39 is 36.3 Å². The zero-order valence-corrected chi connectivity index (χ0v) is 16.7. The first-order chi connectivity index (χ1) is 12.7. The van der Waals surface area contributed by atoms with Gasteiger partial charge in [-0.2, -0.15) is 0 Å². The molecule has 0 aliphatic rings. The Hall–Kier alpha value is -0.430. The molecule has 0 fully saturated rings. The van der Waals surface area contributed by atoms with E-state index in [0.717, 1.165) is 0 Å². The van der Waals surface area contributed by atoms with Crippen molar-refractivity contribution in [2.45, 2.75) is 109 Å². The van der Waals surface area contributed by atoms with Crippen LogP contribution in [0.25, 0.3) is 0 Å². The summed E-state index contributed by atoms with van der Waals surface area (Å²) in [7, 11) is 0. The Labute approximate surface area is 160 Å². The van der Waals surface area contributed by atoms with E-state index in [9.17, 15) is 32.2 Å². The molecule has 0 bridgehead atoms. The molecule has 5 unspecified atom stereocenters. The molecule has 0 aromatic rings. The van der Waals surface area contributed by atoms with Crippen molar-refractivity contribution in [3.63, 3.8) is 0 Å². The summed E-state index contributed by atoms with van der Waals surface area (Å²) in [6, 6.07) is 0. The Balaban J connectivity index is 3.96. The molecule has 0 aromatic carbocycles. The van der Waals surface area contributed by atoms with E-state index in [1.54, 1.807) is 6.92 Å². The number of aliphatic hydroxyl groups is 2. The van der Waals surface area contributed by atoms with E-state index in [1.165, 1.54) is 6.92 Å². The average molecular weight is 405 g/mol. The standard InChI is InChI=1S/C20H37F5O2/c1-3-20(13-26,14-27)12-19(25)11-10-18(24)9-8-17(23)7-6-16(22)5-4-15(2)21/h15-19,26-27H,3-14H2,1-2H3. The van der Waals surface area contributed by atoms with Gasteiger partial charge in [0.15, 0.2) is 0 Å². The second-order valence-corrected chi connectivity index (χ2v) is 7.85. The van der Waals surface area contributed by atoms with Gasteiger partial charge in [0.25, 0.3) is 0 Å². The molecule has 0 aliphatic carbocycles. The van der Waals surface area contributed by atoms with Crippen molar-refractivity contribution in [1.29, 1.82) is 0 Å². The fourth-order valence-corrected chi connectivity index (χ4v) is 3.05. The number of aliphatic hydroxyl groups excluding tert-OH is 2. The van der Waals surface area contributed by atoms with Gasteiger partial charge in [0.2, 0.25) is 0 Å². The monoisotopic (exact) mass is 404 g/mol. The lowest BCUT2D eigenvalue weighted by molar-refractivity contribution is 0.0205. The lowest BCUT2D eigenvalue weighted by atomic mass is 9.81. The zero-order chi connectivity index (χ0) is 20.9. The third-order valence-electron chi connectivity index (χ3n) is 5.33. The molecule has 164 valence electrons. The van der Waals surface area contributed by atoms with E-state index in [1.807, 2.05) is 0 Å². The van der Waals surface area contributed by atoms with Crippen molar-refractivity contribution >= 4 is 0 Å². The topological polar surface area (TPSA) is 40.5 Å². The van der Waals surface area contributed by atoms with Gasteiger partial charge < -0.3 is 10.2 Å². The van der Waals surface area contributed by atoms with E-state index in [-0.39, 0.29) is 71.0 Å². The molecule has 0 spiro atoms. The molecule has 5 atom stereocenters. The summed E-state index contributed by atoms with van der Waals surface area (Å²) in [6.07, 6.45) is -5.97. The van der Waals surface area contributed by atoms with Gasteiger partial charge in [-0.15, -0.1) is 0 Å². The van der Waals surface area contributed by atoms with Gasteiger partial charge in [-0.05, 0) is 71.1 Å². The molecule has 0 rings (SSSR count).